The minimum atomic E-state index is -0.846. The third-order valence-corrected chi connectivity index (χ3v) is 5.41. The van der Waals surface area contributed by atoms with Crippen molar-refractivity contribution >= 4 is 17.8 Å². The quantitative estimate of drug-likeness (QED) is 0.734. The molecule has 9 heteroatoms. The van der Waals surface area contributed by atoms with Gasteiger partial charge in [-0.3, -0.25) is 19.9 Å². The number of hydrazine groups is 1. The number of fused-ring (bicyclic) bond motifs is 1. The Morgan fingerprint density at radius 1 is 1.21 bits per heavy atom. The topological polar surface area (TPSA) is 100 Å². The second-order valence-electron chi connectivity index (χ2n) is 7.61. The molecule has 1 aromatic carbocycles. The smallest absolute Gasteiger partial charge is 0.344 e. The van der Waals surface area contributed by atoms with Crippen LogP contribution < -0.4 is 20.2 Å². The minimum absolute atomic E-state index is 0.0402. The molecule has 1 saturated heterocycles. The van der Waals surface area contributed by atoms with Crippen molar-refractivity contribution in [1.82, 2.24) is 20.7 Å². The number of hydrogen-bond donors (Lipinski definition) is 2. The normalized spacial score (nSPS) is 20.0. The maximum absolute atomic E-state index is 12.7. The van der Waals surface area contributed by atoms with E-state index in [0.717, 1.165) is 29.8 Å². The largest absolute Gasteiger partial charge is 0.454 e. The van der Waals surface area contributed by atoms with Gasteiger partial charge in [0.25, 0.3) is 11.8 Å². The number of amides is 4. The summed E-state index contributed by atoms with van der Waals surface area (Å²) in [4.78, 5) is 39.1. The number of likely N-dealkylation sites (N-methyl/N-ethyl adjacent to an activating group) is 1. The van der Waals surface area contributed by atoms with E-state index in [0.29, 0.717) is 30.9 Å². The van der Waals surface area contributed by atoms with Crippen LogP contribution in [0.4, 0.5) is 4.79 Å². The van der Waals surface area contributed by atoms with Crippen LogP contribution in [0.1, 0.15) is 37.7 Å². The number of carbonyl (C=O) groups excluding carboxylic acids is 3. The van der Waals surface area contributed by atoms with Crippen LogP contribution in [0.15, 0.2) is 18.2 Å². The van der Waals surface area contributed by atoms with Gasteiger partial charge >= 0.3 is 6.03 Å². The van der Waals surface area contributed by atoms with Crippen molar-refractivity contribution in [3.05, 3.63) is 23.8 Å². The molecule has 3 aliphatic rings. The Morgan fingerprint density at radius 2 is 1.96 bits per heavy atom. The van der Waals surface area contributed by atoms with Gasteiger partial charge in [0.15, 0.2) is 11.5 Å². The van der Waals surface area contributed by atoms with Gasteiger partial charge < -0.3 is 14.8 Å². The van der Waals surface area contributed by atoms with Crippen LogP contribution in [0.5, 0.6) is 11.5 Å². The number of nitrogens with zero attached hydrogens (tertiary/aromatic N) is 2. The molecule has 4 rings (SSSR count). The first kappa shape index (κ1) is 18.5. The Labute approximate surface area is 162 Å². The zero-order valence-corrected chi connectivity index (χ0v) is 15.8. The van der Waals surface area contributed by atoms with Crippen molar-refractivity contribution in [3.8, 4) is 11.5 Å². The summed E-state index contributed by atoms with van der Waals surface area (Å²) in [6, 6.07) is 5.06. The number of urea groups is 1. The summed E-state index contributed by atoms with van der Waals surface area (Å²) >= 11 is 0. The van der Waals surface area contributed by atoms with Gasteiger partial charge in [-0.1, -0.05) is 25.3 Å². The molecular formula is C19H24N4O5. The highest BCUT2D eigenvalue weighted by Gasteiger charge is 2.52. The van der Waals surface area contributed by atoms with Gasteiger partial charge in [0.05, 0.1) is 6.54 Å². The second-order valence-corrected chi connectivity index (χ2v) is 7.61. The van der Waals surface area contributed by atoms with Crippen molar-refractivity contribution in [2.75, 3.05) is 20.4 Å². The Hall–Kier alpha value is -2.81. The number of hydrogen-bond acceptors (Lipinski definition) is 6. The molecule has 0 bridgehead atoms. The number of nitrogens with one attached hydrogen (secondary N) is 2. The first-order chi connectivity index (χ1) is 13.5. The molecule has 0 unspecified atom stereocenters. The van der Waals surface area contributed by atoms with Crippen LogP contribution in [0.2, 0.25) is 0 Å². The summed E-state index contributed by atoms with van der Waals surface area (Å²) in [6.07, 6.45) is 4.09. The molecule has 1 aliphatic carbocycles. The number of benzene rings is 1. The fraction of sp³-hybridized carbons (Fsp3) is 0.526. The number of carbonyl (C=O) groups is 3. The molecule has 2 fully saturated rings. The summed E-state index contributed by atoms with van der Waals surface area (Å²) in [7, 11) is 1.79. The van der Waals surface area contributed by atoms with E-state index in [1.807, 2.05) is 18.2 Å². The van der Waals surface area contributed by atoms with Gasteiger partial charge in [0, 0.05) is 6.54 Å². The van der Waals surface area contributed by atoms with Crippen molar-refractivity contribution in [3.63, 3.8) is 0 Å². The van der Waals surface area contributed by atoms with Gasteiger partial charge in [-0.2, -0.15) is 5.01 Å². The third-order valence-electron chi connectivity index (χ3n) is 5.41. The van der Waals surface area contributed by atoms with E-state index < -0.39 is 17.5 Å². The number of rotatable bonds is 5. The molecule has 2 heterocycles. The Kier molecular flexibility index (Phi) is 4.84. The Balaban J connectivity index is 1.32. The van der Waals surface area contributed by atoms with Crippen LogP contribution >= 0.6 is 0 Å². The fourth-order valence-corrected chi connectivity index (χ4v) is 4.03. The monoisotopic (exact) mass is 388 g/mol. The standard InChI is InChI=1S/C19H24N4O5/c1-22(10-13-5-6-14-15(9-13)28-12-27-14)11-16(24)21-23-17(25)19(20-18(23)26)7-3-2-4-8-19/h5-6,9H,2-4,7-8,10-12H2,1H3,(H,20,26)(H,21,24). The number of imide groups is 1. The van der Waals surface area contributed by atoms with Gasteiger partial charge in [-0.05, 0) is 37.6 Å². The summed E-state index contributed by atoms with van der Waals surface area (Å²) in [5.74, 6) is 0.621. The lowest BCUT2D eigenvalue weighted by Gasteiger charge is -2.30. The van der Waals surface area contributed by atoms with Crippen molar-refractivity contribution in [2.24, 2.45) is 0 Å². The molecule has 9 nitrogen and oxygen atoms in total. The third kappa shape index (κ3) is 3.49. The zero-order valence-electron chi connectivity index (χ0n) is 15.8. The molecule has 1 aromatic rings. The molecule has 1 saturated carbocycles. The zero-order chi connectivity index (χ0) is 19.7. The van der Waals surface area contributed by atoms with E-state index in [1.54, 1.807) is 11.9 Å². The molecule has 0 aromatic heterocycles. The number of ether oxygens (including phenoxy) is 2. The van der Waals surface area contributed by atoms with Gasteiger partial charge in [0.1, 0.15) is 5.54 Å². The van der Waals surface area contributed by atoms with Gasteiger partial charge in [-0.15, -0.1) is 0 Å². The highest BCUT2D eigenvalue weighted by atomic mass is 16.7. The fourth-order valence-electron chi connectivity index (χ4n) is 4.03. The lowest BCUT2D eigenvalue weighted by Crippen LogP contribution is -2.52. The van der Waals surface area contributed by atoms with Crippen LogP contribution in [-0.4, -0.2) is 53.7 Å². The summed E-state index contributed by atoms with van der Waals surface area (Å²) < 4.78 is 10.6. The minimum Gasteiger partial charge on any atom is -0.454 e. The average molecular weight is 388 g/mol. The van der Waals surface area contributed by atoms with E-state index in [1.165, 1.54) is 0 Å². The van der Waals surface area contributed by atoms with Crippen molar-refractivity contribution in [1.29, 1.82) is 0 Å². The molecular weight excluding hydrogens is 364 g/mol. The van der Waals surface area contributed by atoms with Crippen molar-refractivity contribution in [2.45, 2.75) is 44.2 Å². The lowest BCUT2D eigenvalue weighted by atomic mass is 9.82. The van der Waals surface area contributed by atoms with Gasteiger partial charge in [-0.25, -0.2) is 4.79 Å². The van der Waals surface area contributed by atoms with E-state index in [4.69, 9.17) is 9.47 Å². The summed E-state index contributed by atoms with van der Waals surface area (Å²) in [6.45, 7) is 0.761. The molecule has 1 spiro atoms. The van der Waals surface area contributed by atoms with Crippen LogP contribution in [0.3, 0.4) is 0 Å². The maximum Gasteiger partial charge on any atom is 0.344 e. The SMILES string of the molecule is CN(CC(=O)NN1C(=O)NC2(CCCCC2)C1=O)Cc1ccc2c(c1)OCO2. The molecule has 150 valence electrons. The maximum atomic E-state index is 12.7. The van der Waals surface area contributed by atoms with E-state index in [9.17, 15) is 14.4 Å². The van der Waals surface area contributed by atoms with Gasteiger partial charge in [0.2, 0.25) is 6.79 Å². The highest BCUT2D eigenvalue weighted by Crippen LogP contribution is 2.33. The van der Waals surface area contributed by atoms with Crippen LogP contribution in [-0.2, 0) is 16.1 Å². The molecule has 2 N–H and O–H groups in total. The van der Waals surface area contributed by atoms with E-state index in [2.05, 4.69) is 10.7 Å². The van der Waals surface area contributed by atoms with E-state index in [-0.39, 0.29) is 19.2 Å². The van der Waals surface area contributed by atoms with Crippen LogP contribution in [0.25, 0.3) is 0 Å². The molecule has 0 radical (unpaired) electrons. The second kappa shape index (κ2) is 7.31. The van der Waals surface area contributed by atoms with E-state index >= 15 is 0 Å². The van der Waals surface area contributed by atoms with Crippen molar-refractivity contribution < 1.29 is 23.9 Å². The predicted molar refractivity (Wildman–Crippen MR) is 98.2 cm³/mol. The first-order valence-electron chi connectivity index (χ1n) is 9.50. The van der Waals surface area contributed by atoms with Crippen LogP contribution in [0, 0.1) is 0 Å². The molecule has 4 amide bonds. The lowest BCUT2D eigenvalue weighted by molar-refractivity contribution is -0.140. The molecule has 0 atom stereocenters. The Bertz CT molecular complexity index is 806. The summed E-state index contributed by atoms with van der Waals surface area (Å²) in [5, 5.41) is 3.61. The Morgan fingerprint density at radius 3 is 2.75 bits per heavy atom. The average Bonchev–Trinajstić information content (AvgIpc) is 3.21. The highest BCUT2D eigenvalue weighted by molar-refractivity contribution is 6.08. The molecule has 28 heavy (non-hydrogen) atoms. The predicted octanol–water partition coefficient (Wildman–Crippen LogP) is 1.13. The molecule has 2 aliphatic heterocycles. The first-order valence-corrected chi connectivity index (χ1v) is 9.50. The summed E-state index contributed by atoms with van der Waals surface area (Å²) in [5.41, 5.74) is 2.58.